The molecule has 0 aliphatic heterocycles. The Hall–Kier alpha value is -1.99. The lowest BCUT2D eigenvalue weighted by atomic mass is 10.3. The van der Waals surface area contributed by atoms with E-state index in [0.29, 0.717) is 6.92 Å². The van der Waals surface area contributed by atoms with Gasteiger partial charge >= 0.3 is 6.18 Å². The molecule has 0 bridgehead atoms. The number of benzene rings is 1. The van der Waals surface area contributed by atoms with Crippen LogP contribution in [0, 0.1) is 11.6 Å². The summed E-state index contributed by atoms with van der Waals surface area (Å²) in [6.07, 6.45) is -3.87. The van der Waals surface area contributed by atoms with Gasteiger partial charge in [-0.05, 0) is 41.1 Å². The lowest BCUT2D eigenvalue weighted by Gasteiger charge is -2.16. The minimum absolute atomic E-state index is 0.278. The number of nitrogens with zero attached hydrogens (tertiary/aromatic N) is 1. The van der Waals surface area contributed by atoms with Gasteiger partial charge in [-0.25, -0.2) is 17.2 Å². The molecule has 0 saturated carbocycles. The van der Waals surface area contributed by atoms with Gasteiger partial charge in [0.25, 0.3) is 5.91 Å². The number of hydrogen-bond acceptors (Lipinski definition) is 3. The zero-order valence-electron chi connectivity index (χ0n) is 14.2. The molecule has 6 nitrogen and oxygen atoms in total. The van der Waals surface area contributed by atoms with E-state index in [4.69, 9.17) is 0 Å². The number of carbonyl (C=O) groups is 1. The molecular weight excluding hydrogens is 477 g/mol. The second-order valence-electron chi connectivity index (χ2n) is 5.73. The topological polar surface area (TPSA) is 80.2 Å². The molecule has 0 radical (unpaired) electrons. The maximum absolute atomic E-state index is 14.0. The fourth-order valence-corrected chi connectivity index (χ4v) is 3.73. The number of alkyl halides is 3. The Balaban J connectivity index is 2.29. The molecule has 0 spiro atoms. The summed E-state index contributed by atoms with van der Waals surface area (Å²) in [5.41, 5.74) is -0.660. The van der Waals surface area contributed by atoms with E-state index in [1.165, 1.54) is 11.8 Å². The molecule has 154 valence electrons. The predicted octanol–water partition coefficient (Wildman–Crippen LogP) is 3.55. The number of rotatable bonds is 5. The highest BCUT2D eigenvalue weighted by atomic mass is 79.9. The maximum Gasteiger partial charge on any atom is 0.404 e. The lowest BCUT2D eigenvalue weighted by Crippen LogP contribution is -2.42. The highest BCUT2D eigenvalue weighted by molar-refractivity contribution is 9.10. The molecule has 2 aromatic rings. The van der Waals surface area contributed by atoms with E-state index in [1.54, 1.807) is 0 Å². The SMILES string of the molecule is C[C@H](NS(=O)(=O)c1cc(C(=O)Nc2ccc(F)c(Br)c2F)n(C)c1)C(F)(F)F. The van der Waals surface area contributed by atoms with E-state index in [0.717, 1.165) is 29.0 Å². The van der Waals surface area contributed by atoms with Crippen LogP contribution in [0.4, 0.5) is 27.6 Å². The van der Waals surface area contributed by atoms with Crippen molar-refractivity contribution in [1.82, 2.24) is 9.29 Å². The second-order valence-corrected chi connectivity index (χ2v) is 8.24. The average molecular weight is 490 g/mol. The van der Waals surface area contributed by atoms with E-state index in [-0.39, 0.29) is 11.4 Å². The summed E-state index contributed by atoms with van der Waals surface area (Å²) in [6.45, 7) is 0.628. The van der Waals surface area contributed by atoms with Crippen LogP contribution in [-0.4, -0.2) is 31.1 Å². The Bertz CT molecular complexity index is 1020. The third kappa shape index (κ3) is 4.70. The molecule has 0 unspecified atom stereocenters. The van der Waals surface area contributed by atoms with Crippen molar-refractivity contribution in [1.29, 1.82) is 0 Å². The highest BCUT2D eigenvalue weighted by Gasteiger charge is 2.39. The van der Waals surface area contributed by atoms with Crippen LogP contribution in [0.3, 0.4) is 0 Å². The van der Waals surface area contributed by atoms with E-state index in [2.05, 4.69) is 21.2 Å². The van der Waals surface area contributed by atoms with Crippen LogP contribution < -0.4 is 10.0 Å². The molecule has 1 amide bonds. The number of aryl methyl sites for hydroxylation is 1. The summed E-state index contributed by atoms with van der Waals surface area (Å²) in [5.74, 6) is -2.94. The van der Waals surface area contributed by atoms with Crippen LogP contribution in [-0.2, 0) is 17.1 Å². The van der Waals surface area contributed by atoms with Crippen LogP contribution >= 0.6 is 15.9 Å². The Labute approximate surface area is 164 Å². The van der Waals surface area contributed by atoms with Crippen molar-refractivity contribution in [2.75, 3.05) is 5.32 Å². The Morgan fingerprint density at radius 2 is 1.86 bits per heavy atom. The number of hydrogen-bond donors (Lipinski definition) is 2. The first-order valence-corrected chi connectivity index (χ1v) is 9.72. The molecule has 28 heavy (non-hydrogen) atoms. The normalized spacial score (nSPS) is 13.4. The molecule has 0 fully saturated rings. The van der Waals surface area contributed by atoms with Crippen molar-refractivity contribution in [2.24, 2.45) is 7.05 Å². The monoisotopic (exact) mass is 489 g/mol. The summed E-state index contributed by atoms with van der Waals surface area (Å²) in [6, 6.07) is 0.338. The molecule has 1 atom stereocenters. The Kier molecular flexibility index (Phi) is 6.21. The van der Waals surface area contributed by atoms with Gasteiger partial charge in [-0.15, -0.1) is 0 Å². The van der Waals surface area contributed by atoms with Gasteiger partial charge in [0, 0.05) is 13.2 Å². The van der Waals surface area contributed by atoms with Crippen molar-refractivity contribution in [3.05, 3.63) is 46.2 Å². The summed E-state index contributed by atoms with van der Waals surface area (Å²) in [5, 5.41) is 2.14. The van der Waals surface area contributed by atoms with Crippen molar-refractivity contribution in [3.8, 4) is 0 Å². The first-order chi connectivity index (χ1) is 12.7. The zero-order chi connectivity index (χ0) is 21.4. The third-order valence-electron chi connectivity index (χ3n) is 3.63. The molecule has 2 rings (SSSR count). The third-order valence-corrected chi connectivity index (χ3v) is 5.86. The Morgan fingerprint density at radius 1 is 1.25 bits per heavy atom. The van der Waals surface area contributed by atoms with Gasteiger partial charge in [0.2, 0.25) is 10.0 Å². The minimum atomic E-state index is -4.80. The van der Waals surface area contributed by atoms with Crippen LogP contribution in [0.25, 0.3) is 0 Å². The van der Waals surface area contributed by atoms with Gasteiger partial charge in [0.1, 0.15) is 22.4 Å². The van der Waals surface area contributed by atoms with E-state index in [1.807, 2.05) is 0 Å². The first kappa shape index (κ1) is 22.3. The fraction of sp³-hybridized carbons (Fsp3) is 0.267. The standard InChI is InChI=1S/C15H13BrF5N3O3S/c1-7(15(19,20)21)23-28(26,27)8-5-11(24(2)6-8)14(25)22-10-4-3-9(17)12(16)13(10)18/h3-7,23H,1-2H3,(H,22,25)/t7-/m0/s1. The van der Waals surface area contributed by atoms with Crippen molar-refractivity contribution in [3.63, 3.8) is 0 Å². The molecule has 1 aromatic heterocycles. The van der Waals surface area contributed by atoms with Crippen LogP contribution in [0.15, 0.2) is 33.8 Å². The fourth-order valence-electron chi connectivity index (χ4n) is 2.08. The number of halogens is 6. The van der Waals surface area contributed by atoms with E-state index < -0.39 is 49.2 Å². The number of sulfonamides is 1. The molecule has 0 aliphatic rings. The van der Waals surface area contributed by atoms with Gasteiger partial charge in [0.15, 0.2) is 5.82 Å². The number of nitrogens with one attached hydrogen (secondary N) is 2. The summed E-state index contributed by atoms with van der Waals surface area (Å²) >= 11 is 2.67. The molecule has 13 heteroatoms. The van der Waals surface area contributed by atoms with Gasteiger partial charge < -0.3 is 9.88 Å². The van der Waals surface area contributed by atoms with Crippen LogP contribution in [0.1, 0.15) is 17.4 Å². The summed E-state index contributed by atoms with van der Waals surface area (Å²) < 4.78 is 91.2. The van der Waals surface area contributed by atoms with Crippen LogP contribution in [0.5, 0.6) is 0 Å². The van der Waals surface area contributed by atoms with Crippen molar-refractivity contribution >= 4 is 37.5 Å². The average Bonchev–Trinajstić information content (AvgIpc) is 2.97. The van der Waals surface area contributed by atoms with E-state index >= 15 is 0 Å². The zero-order valence-corrected chi connectivity index (χ0v) is 16.6. The molecule has 0 aliphatic carbocycles. The molecule has 1 heterocycles. The number of carbonyl (C=O) groups excluding carboxylic acids is 1. The second kappa shape index (κ2) is 7.79. The highest BCUT2D eigenvalue weighted by Crippen LogP contribution is 2.27. The first-order valence-electron chi connectivity index (χ1n) is 7.44. The molecule has 1 aromatic carbocycles. The molecular formula is C15H13BrF5N3O3S. The quantitative estimate of drug-likeness (QED) is 0.497. The molecule has 0 saturated heterocycles. The number of aromatic nitrogens is 1. The molecule has 2 N–H and O–H groups in total. The smallest absolute Gasteiger partial charge is 0.345 e. The van der Waals surface area contributed by atoms with Gasteiger partial charge in [-0.2, -0.15) is 17.9 Å². The Morgan fingerprint density at radius 3 is 2.43 bits per heavy atom. The van der Waals surface area contributed by atoms with Crippen LogP contribution in [0.2, 0.25) is 0 Å². The van der Waals surface area contributed by atoms with Crippen molar-refractivity contribution in [2.45, 2.75) is 24.0 Å². The summed E-state index contributed by atoms with van der Waals surface area (Å²) in [7, 11) is -3.30. The minimum Gasteiger partial charge on any atom is -0.345 e. The summed E-state index contributed by atoms with van der Waals surface area (Å²) in [4.78, 5) is 11.7. The number of anilines is 1. The maximum atomic E-state index is 14.0. The largest absolute Gasteiger partial charge is 0.404 e. The number of amides is 1. The van der Waals surface area contributed by atoms with Crippen molar-refractivity contribution < 1.29 is 35.2 Å². The lowest BCUT2D eigenvalue weighted by molar-refractivity contribution is -0.147. The van der Waals surface area contributed by atoms with Gasteiger partial charge in [0.05, 0.1) is 10.2 Å². The van der Waals surface area contributed by atoms with Gasteiger partial charge in [-0.3, -0.25) is 4.79 Å². The van der Waals surface area contributed by atoms with Gasteiger partial charge in [-0.1, -0.05) is 0 Å². The van der Waals surface area contributed by atoms with E-state index in [9.17, 15) is 35.2 Å². The predicted molar refractivity (Wildman–Crippen MR) is 93.3 cm³/mol.